The molecule has 3 rings (SSSR count). The quantitative estimate of drug-likeness (QED) is 0.935. The van der Waals surface area contributed by atoms with E-state index in [1.165, 1.54) is 12.8 Å². The van der Waals surface area contributed by atoms with Crippen LogP contribution >= 0.6 is 0 Å². The lowest BCUT2D eigenvalue weighted by Crippen LogP contribution is -2.34. The first-order valence-electron chi connectivity index (χ1n) is 7.52. The number of anilines is 2. The first kappa shape index (κ1) is 13.8. The SMILES string of the molecule is CC1CCCN(c2ccnc(NCc3cccnc3)n2)C1. The van der Waals surface area contributed by atoms with Crippen LogP contribution in [0.2, 0.25) is 0 Å². The Morgan fingerprint density at radius 2 is 2.29 bits per heavy atom. The molecule has 1 N–H and O–H groups in total. The van der Waals surface area contributed by atoms with Crippen molar-refractivity contribution in [2.75, 3.05) is 23.3 Å². The Hall–Kier alpha value is -2.17. The van der Waals surface area contributed by atoms with E-state index in [4.69, 9.17) is 0 Å². The molecule has 110 valence electrons. The van der Waals surface area contributed by atoms with Gasteiger partial charge in [0, 0.05) is 38.2 Å². The van der Waals surface area contributed by atoms with Crippen molar-refractivity contribution in [2.45, 2.75) is 26.3 Å². The minimum Gasteiger partial charge on any atom is -0.356 e. The van der Waals surface area contributed by atoms with Crippen LogP contribution < -0.4 is 10.2 Å². The van der Waals surface area contributed by atoms with Crippen molar-refractivity contribution in [3.8, 4) is 0 Å². The maximum absolute atomic E-state index is 4.63. The van der Waals surface area contributed by atoms with E-state index in [0.717, 1.165) is 30.4 Å². The van der Waals surface area contributed by atoms with Gasteiger partial charge in [-0.2, -0.15) is 4.98 Å². The van der Waals surface area contributed by atoms with Crippen LogP contribution in [0.3, 0.4) is 0 Å². The molecule has 5 heteroatoms. The molecule has 1 unspecified atom stereocenters. The minimum absolute atomic E-state index is 0.676. The molecule has 3 heterocycles. The second-order valence-corrected chi connectivity index (χ2v) is 5.65. The van der Waals surface area contributed by atoms with Crippen LogP contribution in [0.15, 0.2) is 36.8 Å². The summed E-state index contributed by atoms with van der Waals surface area (Å²) < 4.78 is 0. The van der Waals surface area contributed by atoms with Gasteiger partial charge in [-0.3, -0.25) is 4.98 Å². The van der Waals surface area contributed by atoms with Gasteiger partial charge in [0.05, 0.1) is 0 Å². The molecule has 1 fully saturated rings. The Bertz CT molecular complexity index is 572. The van der Waals surface area contributed by atoms with Gasteiger partial charge in [-0.25, -0.2) is 4.98 Å². The molecule has 1 saturated heterocycles. The Balaban J connectivity index is 1.65. The Morgan fingerprint density at radius 3 is 3.10 bits per heavy atom. The summed E-state index contributed by atoms with van der Waals surface area (Å²) in [4.78, 5) is 15.4. The van der Waals surface area contributed by atoms with Gasteiger partial charge in [0.2, 0.25) is 5.95 Å². The van der Waals surface area contributed by atoms with Gasteiger partial charge in [-0.1, -0.05) is 13.0 Å². The number of rotatable bonds is 4. The highest BCUT2D eigenvalue weighted by molar-refractivity contribution is 5.43. The summed E-state index contributed by atoms with van der Waals surface area (Å²) in [5, 5.41) is 3.26. The van der Waals surface area contributed by atoms with E-state index < -0.39 is 0 Å². The molecule has 0 radical (unpaired) electrons. The maximum atomic E-state index is 4.63. The topological polar surface area (TPSA) is 53.9 Å². The second-order valence-electron chi connectivity index (χ2n) is 5.65. The molecule has 0 amide bonds. The van der Waals surface area contributed by atoms with Crippen molar-refractivity contribution < 1.29 is 0 Å². The van der Waals surface area contributed by atoms with Crippen LogP contribution in [0.5, 0.6) is 0 Å². The average molecular weight is 283 g/mol. The molecule has 0 spiro atoms. The van der Waals surface area contributed by atoms with E-state index in [-0.39, 0.29) is 0 Å². The molecule has 2 aromatic heterocycles. The summed E-state index contributed by atoms with van der Waals surface area (Å²) in [6.07, 6.45) is 8.01. The van der Waals surface area contributed by atoms with Gasteiger partial charge in [-0.05, 0) is 36.5 Å². The molecule has 1 aliphatic heterocycles. The average Bonchev–Trinajstić information content (AvgIpc) is 2.54. The second kappa shape index (κ2) is 6.52. The Morgan fingerprint density at radius 1 is 1.33 bits per heavy atom. The molecular weight excluding hydrogens is 262 g/mol. The highest BCUT2D eigenvalue weighted by atomic mass is 15.2. The van der Waals surface area contributed by atoms with Crippen molar-refractivity contribution >= 4 is 11.8 Å². The third-order valence-electron chi connectivity index (χ3n) is 3.80. The van der Waals surface area contributed by atoms with Crippen molar-refractivity contribution in [3.05, 3.63) is 42.4 Å². The molecule has 1 atom stereocenters. The van der Waals surface area contributed by atoms with Crippen LogP contribution in [0.4, 0.5) is 11.8 Å². The van der Waals surface area contributed by atoms with Crippen LogP contribution in [0, 0.1) is 5.92 Å². The predicted molar refractivity (Wildman–Crippen MR) is 84.2 cm³/mol. The zero-order valence-electron chi connectivity index (χ0n) is 12.4. The first-order valence-corrected chi connectivity index (χ1v) is 7.52. The summed E-state index contributed by atoms with van der Waals surface area (Å²) in [5.74, 6) is 2.43. The van der Waals surface area contributed by atoms with Crippen molar-refractivity contribution in [3.63, 3.8) is 0 Å². The lowest BCUT2D eigenvalue weighted by Gasteiger charge is -2.31. The van der Waals surface area contributed by atoms with Crippen molar-refractivity contribution in [2.24, 2.45) is 5.92 Å². The van der Waals surface area contributed by atoms with E-state index >= 15 is 0 Å². The van der Waals surface area contributed by atoms with Crippen LogP contribution in [0.1, 0.15) is 25.3 Å². The van der Waals surface area contributed by atoms with E-state index in [1.807, 2.05) is 30.6 Å². The third-order valence-corrected chi connectivity index (χ3v) is 3.80. The number of nitrogens with one attached hydrogen (secondary N) is 1. The fraction of sp³-hybridized carbons (Fsp3) is 0.438. The molecule has 5 nitrogen and oxygen atoms in total. The van der Waals surface area contributed by atoms with Crippen LogP contribution in [-0.4, -0.2) is 28.0 Å². The molecule has 21 heavy (non-hydrogen) atoms. The highest BCUT2D eigenvalue weighted by Gasteiger charge is 2.17. The van der Waals surface area contributed by atoms with E-state index in [9.17, 15) is 0 Å². The normalized spacial score (nSPS) is 18.5. The standard InChI is InChI=1S/C16H21N5/c1-13-4-3-9-21(12-13)15-6-8-18-16(20-15)19-11-14-5-2-7-17-10-14/h2,5-8,10,13H,3-4,9,11-12H2,1H3,(H,18,19,20). The summed E-state index contributed by atoms with van der Waals surface area (Å²) in [6.45, 7) is 5.16. The van der Waals surface area contributed by atoms with Gasteiger partial charge >= 0.3 is 0 Å². The van der Waals surface area contributed by atoms with E-state index in [1.54, 1.807) is 6.20 Å². The molecule has 0 saturated carbocycles. The van der Waals surface area contributed by atoms with Crippen LogP contribution in [0.25, 0.3) is 0 Å². The number of pyridine rings is 1. The monoisotopic (exact) mass is 283 g/mol. The lowest BCUT2D eigenvalue weighted by molar-refractivity contribution is 0.444. The van der Waals surface area contributed by atoms with Gasteiger partial charge in [0.1, 0.15) is 5.82 Å². The summed E-state index contributed by atoms with van der Waals surface area (Å²) in [7, 11) is 0. The summed E-state index contributed by atoms with van der Waals surface area (Å²) in [6, 6.07) is 5.97. The summed E-state index contributed by atoms with van der Waals surface area (Å²) >= 11 is 0. The van der Waals surface area contributed by atoms with Crippen molar-refractivity contribution in [1.29, 1.82) is 0 Å². The maximum Gasteiger partial charge on any atom is 0.224 e. The number of hydrogen-bond donors (Lipinski definition) is 1. The highest BCUT2D eigenvalue weighted by Crippen LogP contribution is 2.21. The Labute approximate surface area is 125 Å². The molecule has 0 aliphatic carbocycles. The predicted octanol–water partition coefficient (Wildman–Crippen LogP) is 2.72. The molecule has 0 bridgehead atoms. The first-order chi connectivity index (χ1) is 10.3. The minimum atomic E-state index is 0.676. The van der Waals surface area contributed by atoms with Crippen molar-refractivity contribution in [1.82, 2.24) is 15.0 Å². The third kappa shape index (κ3) is 3.68. The number of piperidine rings is 1. The zero-order chi connectivity index (χ0) is 14.5. The van der Waals surface area contributed by atoms with E-state index in [2.05, 4.69) is 32.1 Å². The lowest BCUT2D eigenvalue weighted by atomic mass is 10.0. The van der Waals surface area contributed by atoms with Gasteiger partial charge < -0.3 is 10.2 Å². The fourth-order valence-electron chi connectivity index (χ4n) is 2.69. The van der Waals surface area contributed by atoms with Crippen LogP contribution in [-0.2, 0) is 6.54 Å². The van der Waals surface area contributed by atoms with Gasteiger partial charge in [-0.15, -0.1) is 0 Å². The molecular formula is C16H21N5. The molecule has 2 aromatic rings. The molecule has 0 aromatic carbocycles. The largest absolute Gasteiger partial charge is 0.356 e. The number of hydrogen-bond acceptors (Lipinski definition) is 5. The zero-order valence-corrected chi connectivity index (χ0v) is 12.4. The number of nitrogens with zero attached hydrogens (tertiary/aromatic N) is 4. The van der Waals surface area contributed by atoms with E-state index in [0.29, 0.717) is 12.5 Å². The fourth-order valence-corrected chi connectivity index (χ4v) is 2.69. The van der Waals surface area contributed by atoms with Gasteiger partial charge in [0.15, 0.2) is 0 Å². The Kier molecular flexibility index (Phi) is 4.28. The molecule has 1 aliphatic rings. The smallest absolute Gasteiger partial charge is 0.224 e. The van der Waals surface area contributed by atoms with Gasteiger partial charge in [0.25, 0.3) is 0 Å². The number of aromatic nitrogens is 3. The summed E-state index contributed by atoms with van der Waals surface area (Å²) in [5.41, 5.74) is 1.12.